The number of nitriles is 1. The van der Waals surface area contributed by atoms with Crippen LogP contribution in [0.1, 0.15) is 23.6 Å². The standard InChI is InChI=1S/C17H18FN3/c1-2-21(11-14-5-3-4-6-17(14)20)12-15-9-13(10-19)7-8-16(15)18/h3-9H,2,11-12,20H2,1H3. The van der Waals surface area contributed by atoms with Crippen LogP contribution in [0.5, 0.6) is 0 Å². The van der Waals surface area contributed by atoms with Gasteiger partial charge in [-0.15, -0.1) is 0 Å². The molecule has 21 heavy (non-hydrogen) atoms. The summed E-state index contributed by atoms with van der Waals surface area (Å²) < 4.78 is 13.9. The molecule has 0 atom stereocenters. The summed E-state index contributed by atoms with van der Waals surface area (Å²) >= 11 is 0. The van der Waals surface area contributed by atoms with Gasteiger partial charge in [0.2, 0.25) is 0 Å². The third-order valence-electron chi connectivity index (χ3n) is 3.47. The second-order valence-corrected chi connectivity index (χ2v) is 4.92. The molecule has 2 rings (SSSR count). The lowest BCUT2D eigenvalue weighted by Gasteiger charge is -2.21. The first-order chi connectivity index (χ1) is 10.1. The molecule has 0 heterocycles. The Morgan fingerprint density at radius 3 is 2.52 bits per heavy atom. The van der Waals surface area contributed by atoms with Gasteiger partial charge in [0.05, 0.1) is 11.6 Å². The number of nitrogens with two attached hydrogens (primary N) is 1. The first kappa shape index (κ1) is 15.0. The molecule has 0 saturated heterocycles. The van der Waals surface area contributed by atoms with Gasteiger partial charge >= 0.3 is 0 Å². The third-order valence-corrected chi connectivity index (χ3v) is 3.47. The van der Waals surface area contributed by atoms with Gasteiger partial charge in [0.1, 0.15) is 5.82 Å². The molecule has 3 nitrogen and oxygen atoms in total. The Bertz CT molecular complexity index is 661. The van der Waals surface area contributed by atoms with Crippen LogP contribution >= 0.6 is 0 Å². The number of nitrogen functional groups attached to an aromatic ring is 1. The number of benzene rings is 2. The molecule has 4 heteroatoms. The Hall–Kier alpha value is -2.38. The van der Waals surface area contributed by atoms with Crippen LogP contribution < -0.4 is 5.73 Å². The lowest BCUT2D eigenvalue weighted by molar-refractivity contribution is 0.268. The number of rotatable bonds is 5. The fourth-order valence-electron chi connectivity index (χ4n) is 2.20. The minimum atomic E-state index is -0.284. The van der Waals surface area contributed by atoms with Gasteiger partial charge in [-0.1, -0.05) is 25.1 Å². The highest BCUT2D eigenvalue weighted by Crippen LogP contribution is 2.17. The van der Waals surface area contributed by atoms with E-state index in [0.29, 0.717) is 24.2 Å². The summed E-state index contributed by atoms with van der Waals surface area (Å²) in [5, 5.41) is 8.91. The van der Waals surface area contributed by atoms with Gasteiger partial charge in [0.25, 0.3) is 0 Å². The molecule has 0 fully saturated rings. The van der Waals surface area contributed by atoms with E-state index in [1.807, 2.05) is 37.3 Å². The molecular weight excluding hydrogens is 265 g/mol. The Balaban J connectivity index is 2.16. The Morgan fingerprint density at radius 1 is 1.14 bits per heavy atom. The van der Waals surface area contributed by atoms with Crippen LogP contribution in [0, 0.1) is 17.1 Å². The average molecular weight is 283 g/mol. The fourth-order valence-corrected chi connectivity index (χ4v) is 2.20. The maximum atomic E-state index is 13.9. The highest BCUT2D eigenvalue weighted by Gasteiger charge is 2.10. The molecule has 0 amide bonds. The molecule has 108 valence electrons. The maximum Gasteiger partial charge on any atom is 0.127 e. The fraction of sp³-hybridized carbons (Fsp3) is 0.235. The minimum Gasteiger partial charge on any atom is -0.398 e. The van der Waals surface area contributed by atoms with Crippen molar-refractivity contribution in [3.63, 3.8) is 0 Å². The zero-order chi connectivity index (χ0) is 15.2. The number of hydrogen-bond donors (Lipinski definition) is 1. The van der Waals surface area contributed by atoms with Gasteiger partial charge in [0, 0.05) is 24.3 Å². The number of para-hydroxylation sites is 1. The average Bonchev–Trinajstić information content (AvgIpc) is 2.50. The van der Waals surface area contributed by atoms with Gasteiger partial charge < -0.3 is 5.73 Å². The number of hydrogen-bond acceptors (Lipinski definition) is 3. The van der Waals surface area contributed by atoms with E-state index in [-0.39, 0.29) is 5.82 Å². The van der Waals surface area contributed by atoms with Gasteiger partial charge in [0.15, 0.2) is 0 Å². The molecule has 0 unspecified atom stereocenters. The Morgan fingerprint density at radius 2 is 1.86 bits per heavy atom. The maximum absolute atomic E-state index is 13.9. The first-order valence-corrected chi connectivity index (χ1v) is 6.88. The Kier molecular flexibility index (Phi) is 4.91. The monoisotopic (exact) mass is 283 g/mol. The van der Waals surface area contributed by atoms with Crippen molar-refractivity contribution >= 4 is 5.69 Å². The molecular formula is C17H18FN3. The smallest absolute Gasteiger partial charge is 0.127 e. The van der Waals surface area contributed by atoms with E-state index >= 15 is 0 Å². The normalized spacial score (nSPS) is 10.6. The van der Waals surface area contributed by atoms with Crippen molar-refractivity contribution in [2.45, 2.75) is 20.0 Å². The van der Waals surface area contributed by atoms with E-state index in [9.17, 15) is 4.39 Å². The van der Waals surface area contributed by atoms with Crippen molar-refractivity contribution in [1.82, 2.24) is 4.90 Å². The van der Waals surface area contributed by atoms with Crippen LogP contribution in [-0.4, -0.2) is 11.4 Å². The molecule has 0 aromatic heterocycles. The van der Waals surface area contributed by atoms with E-state index < -0.39 is 0 Å². The van der Waals surface area contributed by atoms with E-state index in [1.54, 1.807) is 6.07 Å². The van der Waals surface area contributed by atoms with Gasteiger partial charge in [-0.3, -0.25) is 4.90 Å². The topological polar surface area (TPSA) is 53.0 Å². The molecule has 0 radical (unpaired) electrons. The van der Waals surface area contributed by atoms with Crippen LogP contribution in [0.4, 0.5) is 10.1 Å². The summed E-state index contributed by atoms with van der Waals surface area (Å²) in [6.45, 7) is 3.89. The van der Waals surface area contributed by atoms with Crippen LogP contribution in [0.25, 0.3) is 0 Å². The van der Waals surface area contributed by atoms with Crippen LogP contribution in [0.15, 0.2) is 42.5 Å². The predicted molar refractivity (Wildman–Crippen MR) is 81.8 cm³/mol. The molecule has 0 saturated carbocycles. The van der Waals surface area contributed by atoms with Gasteiger partial charge in [-0.05, 0) is 36.4 Å². The first-order valence-electron chi connectivity index (χ1n) is 6.88. The molecule has 2 aromatic carbocycles. The summed E-state index contributed by atoms with van der Waals surface area (Å²) in [5.74, 6) is -0.284. The summed E-state index contributed by atoms with van der Waals surface area (Å²) in [6.07, 6.45) is 0. The van der Waals surface area contributed by atoms with Crippen LogP contribution in [0.3, 0.4) is 0 Å². The summed E-state index contributed by atoms with van der Waals surface area (Å²) in [6, 6.07) is 14.1. The number of halogens is 1. The van der Waals surface area contributed by atoms with Crippen molar-refractivity contribution in [2.75, 3.05) is 12.3 Å². The molecule has 0 bridgehead atoms. The lowest BCUT2D eigenvalue weighted by Crippen LogP contribution is -2.23. The molecule has 2 N–H and O–H groups in total. The minimum absolute atomic E-state index is 0.284. The SMILES string of the molecule is CCN(Cc1ccccc1N)Cc1cc(C#N)ccc1F. The second-order valence-electron chi connectivity index (χ2n) is 4.92. The predicted octanol–water partition coefficient (Wildman–Crippen LogP) is 3.30. The number of anilines is 1. The highest BCUT2D eigenvalue weighted by molar-refractivity contribution is 5.46. The summed E-state index contributed by atoms with van der Waals surface area (Å²) in [7, 11) is 0. The molecule has 0 aliphatic heterocycles. The molecule has 0 spiro atoms. The van der Waals surface area contributed by atoms with Crippen molar-refractivity contribution < 1.29 is 4.39 Å². The van der Waals surface area contributed by atoms with E-state index in [2.05, 4.69) is 4.90 Å². The second kappa shape index (κ2) is 6.87. The summed E-state index contributed by atoms with van der Waals surface area (Å²) in [5.41, 5.74) is 8.72. The third kappa shape index (κ3) is 3.80. The van der Waals surface area contributed by atoms with Gasteiger partial charge in [-0.2, -0.15) is 5.26 Å². The van der Waals surface area contributed by atoms with Gasteiger partial charge in [-0.25, -0.2) is 4.39 Å². The largest absolute Gasteiger partial charge is 0.398 e. The van der Waals surface area contributed by atoms with E-state index in [1.165, 1.54) is 12.1 Å². The van der Waals surface area contributed by atoms with Crippen molar-refractivity contribution in [3.8, 4) is 6.07 Å². The highest BCUT2D eigenvalue weighted by atomic mass is 19.1. The van der Waals surface area contributed by atoms with Crippen LogP contribution in [0.2, 0.25) is 0 Å². The van der Waals surface area contributed by atoms with Crippen molar-refractivity contribution in [2.24, 2.45) is 0 Å². The number of nitrogens with zero attached hydrogens (tertiary/aromatic N) is 2. The molecule has 0 aliphatic carbocycles. The Labute approximate surface area is 124 Å². The zero-order valence-electron chi connectivity index (χ0n) is 12.0. The summed E-state index contributed by atoms with van der Waals surface area (Å²) in [4.78, 5) is 2.09. The molecule has 2 aromatic rings. The quantitative estimate of drug-likeness (QED) is 0.857. The van der Waals surface area contributed by atoms with Crippen molar-refractivity contribution in [1.29, 1.82) is 5.26 Å². The van der Waals surface area contributed by atoms with Crippen LogP contribution in [-0.2, 0) is 13.1 Å². The lowest BCUT2D eigenvalue weighted by atomic mass is 10.1. The van der Waals surface area contributed by atoms with Crippen molar-refractivity contribution in [3.05, 3.63) is 65.0 Å². The zero-order valence-corrected chi connectivity index (χ0v) is 12.0. The van der Waals surface area contributed by atoms with E-state index in [4.69, 9.17) is 11.0 Å². The van der Waals surface area contributed by atoms with E-state index in [0.717, 1.165) is 17.8 Å². The molecule has 0 aliphatic rings.